The van der Waals surface area contributed by atoms with Crippen molar-refractivity contribution in [2.45, 2.75) is 11.3 Å². The smallest absolute Gasteiger partial charge is 0.230 e. The number of benzene rings is 1. The Balaban J connectivity index is 1.72. The van der Waals surface area contributed by atoms with Crippen molar-refractivity contribution in [1.29, 1.82) is 0 Å². The molecule has 0 saturated carbocycles. The van der Waals surface area contributed by atoms with Crippen LogP contribution in [0.15, 0.2) is 40.6 Å². The fourth-order valence-corrected chi connectivity index (χ4v) is 3.11. The molecule has 0 bridgehead atoms. The highest BCUT2D eigenvalue weighted by atomic mass is 32.2. The van der Waals surface area contributed by atoms with E-state index in [1.54, 1.807) is 17.4 Å². The number of nitrogen functional groups attached to an aromatic ring is 1. The number of anilines is 1. The zero-order valence-corrected chi connectivity index (χ0v) is 12.4. The third-order valence-corrected chi connectivity index (χ3v) is 4.63. The fourth-order valence-electron chi connectivity index (χ4n) is 1.63. The fraction of sp³-hybridized carbons (Fsp3) is 0.214. The van der Waals surface area contributed by atoms with E-state index in [1.807, 2.05) is 17.5 Å². The van der Waals surface area contributed by atoms with E-state index < -0.39 is 0 Å². The molecule has 6 heteroatoms. The van der Waals surface area contributed by atoms with Crippen molar-refractivity contribution in [2.24, 2.45) is 0 Å². The van der Waals surface area contributed by atoms with Gasteiger partial charge in [-0.3, -0.25) is 4.79 Å². The third-order valence-electron chi connectivity index (χ3n) is 2.60. The lowest BCUT2D eigenvalue weighted by molar-refractivity contribution is -0.118. The van der Waals surface area contributed by atoms with Crippen molar-refractivity contribution in [2.75, 3.05) is 18.0 Å². The minimum atomic E-state index is -0.368. The second-order valence-corrected chi connectivity index (χ2v) is 6.20. The Morgan fingerprint density at radius 1 is 1.40 bits per heavy atom. The number of carbonyl (C=O) groups excluding carboxylic acids is 1. The van der Waals surface area contributed by atoms with Crippen LogP contribution in [0.4, 0.5) is 10.1 Å². The van der Waals surface area contributed by atoms with E-state index in [1.165, 1.54) is 28.8 Å². The normalized spacial score (nSPS) is 10.4. The van der Waals surface area contributed by atoms with Crippen molar-refractivity contribution >= 4 is 34.7 Å². The second-order valence-electron chi connectivity index (χ2n) is 4.15. The average molecular weight is 310 g/mol. The molecule has 0 spiro atoms. The van der Waals surface area contributed by atoms with Gasteiger partial charge in [-0.05, 0) is 36.1 Å². The molecule has 0 aliphatic heterocycles. The van der Waals surface area contributed by atoms with Crippen LogP contribution in [0, 0.1) is 5.82 Å². The van der Waals surface area contributed by atoms with E-state index >= 15 is 0 Å². The van der Waals surface area contributed by atoms with Crippen LogP contribution >= 0.6 is 23.1 Å². The van der Waals surface area contributed by atoms with Crippen molar-refractivity contribution in [3.63, 3.8) is 0 Å². The van der Waals surface area contributed by atoms with Gasteiger partial charge in [0.05, 0.1) is 5.75 Å². The molecule has 3 N–H and O–H groups in total. The van der Waals surface area contributed by atoms with Gasteiger partial charge in [0.25, 0.3) is 0 Å². The van der Waals surface area contributed by atoms with E-state index in [-0.39, 0.29) is 17.5 Å². The maximum absolute atomic E-state index is 12.9. The van der Waals surface area contributed by atoms with Gasteiger partial charge in [-0.2, -0.15) is 0 Å². The molecular formula is C14H15FN2OS2. The first-order valence-electron chi connectivity index (χ1n) is 6.12. The standard InChI is InChI=1S/C14H15FN2OS2/c15-10-3-4-13(12(16)8-10)20-9-14(18)17-6-5-11-2-1-7-19-11/h1-4,7-8H,5-6,9,16H2,(H,17,18). The van der Waals surface area contributed by atoms with Crippen LogP contribution in [-0.2, 0) is 11.2 Å². The van der Waals surface area contributed by atoms with Crippen molar-refractivity contribution in [3.05, 3.63) is 46.4 Å². The lowest BCUT2D eigenvalue weighted by atomic mass is 10.3. The molecule has 1 aromatic heterocycles. The van der Waals surface area contributed by atoms with Crippen LogP contribution in [-0.4, -0.2) is 18.2 Å². The number of thioether (sulfide) groups is 1. The number of nitrogens with two attached hydrogens (primary N) is 1. The van der Waals surface area contributed by atoms with E-state index in [2.05, 4.69) is 5.32 Å². The highest BCUT2D eigenvalue weighted by Gasteiger charge is 2.06. The maximum Gasteiger partial charge on any atom is 0.230 e. The molecule has 3 nitrogen and oxygen atoms in total. The van der Waals surface area contributed by atoms with Gasteiger partial charge in [0, 0.05) is 22.0 Å². The number of nitrogens with one attached hydrogen (secondary N) is 1. The van der Waals surface area contributed by atoms with Crippen LogP contribution in [0.5, 0.6) is 0 Å². The predicted octanol–water partition coefficient (Wildman–Crippen LogP) is 2.92. The molecule has 2 aromatic rings. The Labute approximate surface area is 125 Å². The highest BCUT2D eigenvalue weighted by molar-refractivity contribution is 8.00. The van der Waals surface area contributed by atoms with Crippen molar-refractivity contribution in [3.8, 4) is 0 Å². The number of rotatable bonds is 6. The predicted molar refractivity (Wildman–Crippen MR) is 82.6 cm³/mol. The van der Waals surface area contributed by atoms with E-state index in [0.717, 1.165) is 11.3 Å². The molecular weight excluding hydrogens is 295 g/mol. The number of thiophene rings is 1. The summed E-state index contributed by atoms with van der Waals surface area (Å²) >= 11 is 2.99. The van der Waals surface area contributed by atoms with Crippen LogP contribution in [0.1, 0.15) is 4.88 Å². The van der Waals surface area contributed by atoms with Gasteiger partial charge in [-0.1, -0.05) is 6.07 Å². The van der Waals surface area contributed by atoms with Gasteiger partial charge in [0.1, 0.15) is 5.82 Å². The quantitative estimate of drug-likeness (QED) is 0.637. The molecule has 0 atom stereocenters. The van der Waals surface area contributed by atoms with Gasteiger partial charge in [-0.25, -0.2) is 4.39 Å². The molecule has 0 fully saturated rings. The van der Waals surface area contributed by atoms with Gasteiger partial charge in [0.15, 0.2) is 0 Å². The number of hydrogen-bond donors (Lipinski definition) is 2. The monoisotopic (exact) mass is 310 g/mol. The zero-order chi connectivity index (χ0) is 14.4. The molecule has 1 heterocycles. The average Bonchev–Trinajstić information content (AvgIpc) is 2.91. The van der Waals surface area contributed by atoms with Gasteiger partial charge >= 0.3 is 0 Å². The molecule has 106 valence electrons. The SMILES string of the molecule is Nc1cc(F)ccc1SCC(=O)NCCc1cccs1. The first-order chi connectivity index (χ1) is 9.65. The molecule has 0 unspecified atom stereocenters. The van der Waals surface area contributed by atoms with Crippen molar-refractivity contribution < 1.29 is 9.18 Å². The summed E-state index contributed by atoms with van der Waals surface area (Å²) in [5.74, 6) is -0.136. The van der Waals surface area contributed by atoms with E-state index in [4.69, 9.17) is 5.73 Å². The van der Waals surface area contributed by atoms with Gasteiger partial charge < -0.3 is 11.1 Å². The molecule has 0 aliphatic carbocycles. The molecule has 0 radical (unpaired) electrons. The largest absolute Gasteiger partial charge is 0.398 e. The summed E-state index contributed by atoms with van der Waals surface area (Å²) in [5, 5.41) is 4.87. The Hall–Kier alpha value is -1.53. The van der Waals surface area contributed by atoms with Crippen molar-refractivity contribution in [1.82, 2.24) is 5.32 Å². The molecule has 1 aromatic carbocycles. The first kappa shape index (κ1) is 14.9. The Bertz CT molecular complexity index is 573. The summed E-state index contributed by atoms with van der Waals surface area (Å²) in [6.07, 6.45) is 0.840. The molecule has 0 saturated heterocycles. The van der Waals surface area contributed by atoms with Gasteiger partial charge in [0.2, 0.25) is 5.91 Å². The summed E-state index contributed by atoms with van der Waals surface area (Å²) in [6.45, 7) is 0.624. The van der Waals surface area contributed by atoms with Crippen LogP contribution in [0.3, 0.4) is 0 Å². The lowest BCUT2D eigenvalue weighted by Crippen LogP contribution is -2.27. The minimum Gasteiger partial charge on any atom is -0.398 e. The Morgan fingerprint density at radius 3 is 2.95 bits per heavy atom. The van der Waals surface area contributed by atoms with Crippen LogP contribution in [0.2, 0.25) is 0 Å². The lowest BCUT2D eigenvalue weighted by Gasteiger charge is -2.06. The first-order valence-corrected chi connectivity index (χ1v) is 7.98. The second kappa shape index (κ2) is 7.31. The number of carbonyl (C=O) groups is 1. The molecule has 2 rings (SSSR count). The molecule has 0 aliphatic rings. The Kier molecular flexibility index (Phi) is 5.43. The summed E-state index contributed by atoms with van der Waals surface area (Å²) in [6, 6.07) is 8.23. The number of halogens is 1. The number of amides is 1. The topological polar surface area (TPSA) is 55.1 Å². The van der Waals surface area contributed by atoms with E-state index in [0.29, 0.717) is 12.2 Å². The molecule has 1 amide bonds. The van der Waals surface area contributed by atoms with E-state index in [9.17, 15) is 9.18 Å². The van der Waals surface area contributed by atoms with Gasteiger partial charge in [-0.15, -0.1) is 23.1 Å². The number of hydrogen-bond acceptors (Lipinski definition) is 4. The minimum absolute atomic E-state index is 0.0460. The Morgan fingerprint density at radius 2 is 2.25 bits per heavy atom. The maximum atomic E-state index is 12.9. The van der Waals surface area contributed by atoms with Crippen LogP contribution < -0.4 is 11.1 Å². The third kappa shape index (κ3) is 4.54. The summed E-state index contributed by atoms with van der Waals surface area (Å²) in [5.41, 5.74) is 6.04. The summed E-state index contributed by atoms with van der Waals surface area (Å²) < 4.78 is 12.9. The molecule has 20 heavy (non-hydrogen) atoms. The van der Waals surface area contributed by atoms with Crippen LogP contribution in [0.25, 0.3) is 0 Å². The highest BCUT2D eigenvalue weighted by Crippen LogP contribution is 2.25. The summed E-state index contributed by atoms with van der Waals surface area (Å²) in [4.78, 5) is 13.7. The zero-order valence-electron chi connectivity index (χ0n) is 10.8. The summed E-state index contributed by atoms with van der Waals surface area (Å²) in [7, 11) is 0.